The highest BCUT2D eigenvalue weighted by Gasteiger charge is 2.21. The average molecular weight is 347 g/mol. The summed E-state index contributed by atoms with van der Waals surface area (Å²) in [6.07, 6.45) is 0. The number of amides is 1. The van der Waals surface area contributed by atoms with Gasteiger partial charge in [0.05, 0.1) is 11.1 Å². The van der Waals surface area contributed by atoms with Crippen LogP contribution in [0.25, 0.3) is 10.9 Å². The molecule has 0 fully saturated rings. The standard InChI is InChI=1S/C19H13N3O2S/c23-18(20-14-6-2-1-3-7-14)17-15-8-4-5-9-16(15)22(21-17)19(24)13-10-11-25-12-13/h1-12H,(H,20,23). The molecule has 2 aromatic carbocycles. The molecule has 0 unspecified atom stereocenters. The van der Waals surface area contributed by atoms with Gasteiger partial charge in [0.25, 0.3) is 11.8 Å². The molecular weight excluding hydrogens is 334 g/mol. The van der Waals surface area contributed by atoms with Gasteiger partial charge in [-0.2, -0.15) is 21.1 Å². The zero-order chi connectivity index (χ0) is 17.2. The molecule has 2 aromatic heterocycles. The molecule has 0 saturated carbocycles. The molecule has 0 bridgehead atoms. The predicted octanol–water partition coefficient (Wildman–Crippen LogP) is 4.04. The van der Waals surface area contributed by atoms with Gasteiger partial charge in [0.1, 0.15) is 0 Å². The largest absolute Gasteiger partial charge is 0.321 e. The predicted molar refractivity (Wildman–Crippen MR) is 98.2 cm³/mol. The minimum atomic E-state index is -0.348. The third kappa shape index (κ3) is 2.83. The van der Waals surface area contributed by atoms with E-state index in [0.717, 1.165) is 0 Å². The maximum atomic E-state index is 12.7. The van der Waals surface area contributed by atoms with Crippen molar-refractivity contribution >= 4 is 39.7 Å². The number of thiophene rings is 1. The quantitative estimate of drug-likeness (QED) is 0.608. The molecule has 0 aliphatic heterocycles. The van der Waals surface area contributed by atoms with Gasteiger partial charge in [-0.25, -0.2) is 0 Å². The number of nitrogens with one attached hydrogen (secondary N) is 1. The molecule has 25 heavy (non-hydrogen) atoms. The van der Waals surface area contributed by atoms with Gasteiger partial charge in [-0.05, 0) is 29.6 Å². The van der Waals surface area contributed by atoms with Gasteiger partial charge in [-0.3, -0.25) is 9.59 Å². The summed E-state index contributed by atoms with van der Waals surface area (Å²) >= 11 is 1.44. The van der Waals surface area contributed by atoms with Gasteiger partial charge in [0.15, 0.2) is 5.69 Å². The van der Waals surface area contributed by atoms with Gasteiger partial charge in [-0.15, -0.1) is 0 Å². The van der Waals surface area contributed by atoms with Crippen molar-refractivity contribution in [1.29, 1.82) is 0 Å². The molecule has 0 aliphatic carbocycles. The molecule has 1 amide bonds. The lowest BCUT2D eigenvalue weighted by atomic mass is 10.2. The molecule has 0 radical (unpaired) electrons. The number of aromatic nitrogens is 2. The number of rotatable bonds is 3. The molecule has 0 saturated heterocycles. The van der Waals surface area contributed by atoms with Crippen molar-refractivity contribution in [2.24, 2.45) is 0 Å². The number of benzene rings is 2. The Balaban J connectivity index is 1.77. The molecule has 2 heterocycles. The van der Waals surface area contributed by atoms with Crippen LogP contribution >= 0.6 is 11.3 Å². The highest BCUT2D eigenvalue weighted by molar-refractivity contribution is 7.08. The minimum absolute atomic E-state index is 0.225. The first-order valence-corrected chi connectivity index (χ1v) is 8.59. The normalized spacial score (nSPS) is 10.7. The van der Waals surface area contributed by atoms with E-state index < -0.39 is 0 Å². The molecular formula is C19H13N3O2S. The topological polar surface area (TPSA) is 64.0 Å². The number of nitrogens with zero attached hydrogens (tertiary/aromatic N) is 2. The number of fused-ring (bicyclic) bond motifs is 1. The molecule has 4 aromatic rings. The van der Waals surface area contributed by atoms with Crippen molar-refractivity contribution in [2.75, 3.05) is 5.32 Å². The van der Waals surface area contributed by atoms with E-state index in [1.807, 2.05) is 35.7 Å². The Bertz CT molecular complexity index is 1050. The monoisotopic (exact) mass is 347 g/mol. The first-order chi connectivity index (χ1) is 12.2. The highest BCUT2D eigenvalue weighted by Crippen LogP contribution is 2.21. The summed E-state index contributed by atoms with van der Waals surface area (Å²) in [5, 5.41) is 11.4. The van der Waals surface area contributed by atoms with Crippen LogP contribution in [-0.4, -0.2) is 21.6 Å². The van der Waals surface area contributed by atoms with E-state index in [-0.39, 0.29) is 17.5 Å². The summed E-state index contributed by atoms with van der Waals surface area (Å²) in [7, 11) is 0. The van der Waals surface area contributed by atoms with Crippen LogP contribution < -0.4 is 5.32 Å². The fourth-order valence-corrected chi connectivity index (χ4v) is 3.24. The first-order valence-electron chi connectivity index (χ1n) is 7.65. The zero-order valence-corrected chi connectivity index (χ0v) is 13.9. The number of hydrogen-bond acceptors (Lipinski definition) is 4. The Morgan fingerprint density at radius 1 is 0.960 bits per heavy atom. The second kappa shape index (κ2) is 6.33. The van der Waals surface area contributed by atoms with E-state index in [0.29, 0.717) is 22.2 Å². The Kier molecular flexibility index (Phi) is 3.87. The van der Waals surface area contributed by atoms with Crippen molar-refractivity contribution in [3.05, 3.63) is 82.7 Å². The number of carbonyl (C=O) groups excluding carboxylic acids is 2. The molecule has 0 spiro atoms. The summed E-state index contributed by atoms with van der Waals surface area (Å²) < 4.78 is 1.29. The smallest absolute Gasteiger partial charge is 0.279 e. The number of hydrogen-bond donors (Lipinski definition) is 1. The van der Waals surface area contributed by atoms with E-state index in [4.69, 9.17) is 0 Å². The summed E-state index contributed by atoms with van der Waals surface area (Å²) in [5.74, 6) is -0.601. The van der Waals surface area contributed by atoms with Gasteiger partial charge in [-0.1, -0.05) is 36.4 Å². The molecule has 1 N–H and O–H groups in total. The summed E-state index contributed by atoms with van der Waals surface area (Å²) in [6.45, 7) is 0. The van der Waals surface area contributed by atoms with Crippen molar-refractivity contribution in [2.45, 2.75) is 0 Å². The Hall–Kier alpha value is -3.25. The van der Waals surface area contributed by atoms with Crippen LogP contribution in [0.2, 0.25) is 0 Å². The van der Waals surface area contributed by atoms with Crippen LogP contribution in [0.5, 0.6) is 0 Å². The Labute approximate surface area is 147 Å². The molecule has 4 rings (SSSR count). The van der Waals surface area contributed by atoms with E-state index in [1.165, 1.54) is 16.0 Å². The number of anilines is 1. The third-order valence-electron chi connectivity index (χ3n) is 3.79. The fourth-order valence-electron chi connectivity index (χ4n) is 2.61. The molecule has 0 aliphatic rings. The molecule has 6 heteroatoms. The fraction of sp³-hybridized carbons (Fsp3) is 0. The maximum absolute atomic E-state index is 12.7. The third-order valence-corrected chi connectivity index (χ3v) is 4.48. The summed E-state index contributed by atoms with van der Waals surface area (Å²) in [4.78, 5) is 25.3. The Morgan fingerprint density at radius 2 is 1.72 bits per heavy atom. The van der Waals surface area contributed by atoms with Crippen LogP contribution in [0.4, 0.5) is 5.69 Å². The maximum Gasteiger partial charge on any atom is 0.279 e. The zero-order valence-electron chi connectivity index (χ0n) is 13.0. The molecule has 0 atom stereocenters. The highest BCUT2D eigenvalue weighted by atomic mass is 32.1. The van der Waals surface area contributed by atoms with Crippen molar-refractivity contribution < 1.29 is 9.59 Å². The van der Waals surface area contributed by atoms with Crippen LogP contribution in [0.3, 0.4) is 0 Å². The lowest BCUT2D eigenvalue weighted by Gasteiger charge is -2.02. The second-order valence-corrected chi connectivity index (χ2v) is 6.19. The van der Waals surface area contributed by atoms with Crippen LogP contribution in [0.1, 0.15) is 20.8 Å². The summed E-state index contributed by atoms with van der Waals surface area (Å²) in [6, 6.07) is 18.1. The first kappa shape index (κ1) is 15.3. The van der Waals surface area contributed by atoms with Crippen LogP contribution in [0, 0.1) is 0 Å². The van der Waals surface area contributed by atoms with Crippen molar-refractivity contribution in [3.63, 3.8) is 0 Å². The molecule has 122 valence electrons. The lowest BCUT2D eigenvalue weighted by Crippen LogP contribution is -2.16. The molecule has 5 nitrogen and oxygen atoms in total. The number of carbonyl (C=O) groups is 2. The van der Waals surface area contributed by atoms with Crippen molar-refractivity contribution in [1.82, 2.24) is 9.78 Å². The Morgan fingerprint density at radius 3 is 2.48 bits per heavy atom. The summed E-state index contributed by atoms with van der Waals surface area (Å²) in [5.41, 5.74) is 2.06. The van der Waals surface area contributed by atoms with Crippen LogP contribution in [-0.2, 0) is 0 Å². The lowest BCUT2D eigenvalue weighted by molar-refractivity contribution is 0.0949. The van der Waals surface area contributed by atoms with E-state index in [2.05, 4.69) is 10.4 Å². The SMILES string of the molecule is O=C(Nc1ccccc1)c1nn(C(=O)c2ccsc2)c2ccccc12. The van der Waals surface area contributed by atoms with Gasteiger partial charge in [0, 0.05) is 16.5 Å². The van der Waals surface area contributed by atoms with Gasteiger partial charge in [0.2, 0.25) is 0 Å². The van der Waals surface area contributed by atoms with E-state index in [1.54, 1.807) is 35.7 Å². The second-order valence-electron chi connectivity index (χ2n) is 5.41. The minimum Gasteiger partial charge on any atom is -0.321 e. The number of para-hydroxylation sites is 2. The van der Waals surface area contributed by atoms with E-state index in [9.17, 15) is 9.59 Å². The van der Waals surface area contributed by atoms with E-state index >= 15 is 0 Å². The van der Waals surface area contributed by atoms with Crippen LogP contribution in [0.15, 0.2) is 71.4 Å². The van der Waals surface area contributed by atoms with Gasteiger partial charge >= 0.3 is 0 Å². The van der Waals surface area contributed by atoms with Crippen molar-refractivity contribution in [3.8, 4) is 0 Å². The average Bonchev–Trinajstić information content (AvgIpc) is 3.30. The van der Waals surface area contributed by atoms with Gasteiger partial charge < -0.3 is 5.32 Å².